The van der Waals surface area contributed by atoms with E-state index in [1.54, 1.807) is 19.1 Å². The Morgan fingerprint density at radius 3 is 2.56 bits per heavy atom. The molecule has 1 aliphatic carbocycles. The van der Waals surface area contributed by atoms with E-state index in [4.69, 9.17) is 16.3 Å². The van der Waals surface area contributed by atoms with Crippen LogP contribution in [0.15, 0.2) is 30.6 Å². The maximum absolute atomic E-state index is 12.4. The molecule has 27 heavy (non-hydrogen) atoms. The number of benzene rings is 1. The first-order chi connectivity index (χ1) is 12.9. The van der Waals surface area contributed by atoms with Gasteiger partial charge in [0.1, 0.15) is 6.10 Å². The molecule has 1 heterocycles. The number of nitro groups is 1. The van der Waals surface area contributed by atoms with Gasteiger partial charge >= 0.3 is 6.01 Å². The van der Waals surface area contributed by atoms with Gasteiger partial charge in [-0.2, -0.15) is 0 Å². The molecular formula is C18H19ClN4O4. The number of amides is 1. The zero-order valence-electron chi connectivity index (χ0n) is 14.7. The number of nitrogens with one attached hydrogen (secondary N) is 1. The molecular weight excluding hydrogens is 372 g/mol. The van der Waals surface area contributed by atoms with Crippen molar-refractivity contribution in [3.05, 3.63) is 56.9 Å². The van der Waals surface area contributed by atoms with E-state index in [2.05, 4.69) is 15.3 Å². The van der Waals surface area contributed by atoms with Crippen LogP contribution in [0.5, 0.6) is 6.01 Å². The molecule has 0 unspecified atom stereocenters. The number of hydrogen-bond acceptors (Lipinski definition) is 6. The fourth-order valence-corrected chi connectivity index (χ4v) is 3.15. The highest BCUT2D eigenvalue weighted by Gasteiger charge is 2.25. The van der Waals surface area contributed by atoms with Crippen molar-refractivity contribution < 1.29 is 14.5 Å². The molecule has 1 aromatic heterocycles. The van der Waals surface area contributed by atoms with E-state index in [1.807, 2.05) is 0 Å². The third kappa shape index (κ3) is 4.91. The third-order valence-corrected chi connectivity index (χ3v) is 4.74. The van der Waals surface area contributed by atoms with E-state index in [-0.39, 0.29) is 23.7 Å². The quantitative estimate of drug-likeness (QED) is 0.618. The van der Waals surface area contributed by atoms with Crippen LogP contribution >= 0.6 is 11.6 Å². The van der Waals surface area contributed by atoms with Crippen molar-refractivity contribution in [3.63, 3.8) is 0 Å². The molecule has 0 saturated heterocycles. The van der Waals surface area contributed by atoms with Crippen LogP contribution in [-0.2, 0) is 0 Å². The molecule has 0 atom stereocenters. The molecule has 9 heteroatoms. The summed E-state index contributed by atoms with van der Waals surface area (Å²) in [4.78, 5) is 31.0. The van der Waals surface area contributed by atoms with Gasteiger partial charge in [-0.15, -0.1) is 0 Å². The van der Waals surface area contributed by atoms with Gasteiger partial charge in [-0.3, -0.25) is 14.9 Å². The van der Waals surface area contributed by atoms with Gasteiger partial charge in [0, 0.05) is 23.2 Å². The molecule has 1 aromatic carbocycles. The Kier molecular flexibility index (Phi) is 5.85. The summed E-state index contributed by atoms with van der Waals surface area (Å²) in [6.45, 7) is 1.64. The SMILES string of the molecule is Cc1ccc(C(=O)NC2CCC(Oc3ncc(Cl)cn3)CC2)cc1[N+](=O)[O-]. The average Bonchev–Trinajstić information content (AvgIpc) is 2.65. The second-order valence-corrected chi connectivity index (χ2v) is 6.94. The predicted molar refractivity (Wildman–Crippen MR) is 99.0 cm³/mol. The number of hydrogen-bond donors (Lipinski definition) is 1. The topological polar surface area (TPSA) is 107 Å². The van der Waals surface area contributed by atoms with Crippen molar-refractivity contribution in [3.8, 4) is 6.01 Å². The van der Waals surface area contributed by atoms with Crippen molar-refractivity contribution in [2.24, 2.45) is 0 Å². The molecule has 1 saturated carbocycles. The average molecular weight is 391 g/mol. The summed E-state index contributed by atoms with van der Waals surface area (Å²) in [6.07, 6.45) is 5.96. The summed E-state index contributed by atoms with van der Waals surface area (Å²) in [5.41, 5.74) is 0.765. The van der Waals surface area contributed by atoms with Crippen molar-refractivity contribution in [1.82, 2.24) is 15.3 Å². The van der Waals surface area contributed by atoms with Crippen molar-refractivity contribution in [2.75, 3.05) is 0 Å². The Hall–Kier alpha value is -2.74. The Morgan fingerprint density at radius 2 is 1.93 bits per heavy atom. The van der Waals surface area contributed by atoms with Gasteiger partial charge < -0.3 is 10.1 Å². The van der Waals surface area contributed by atoms with Crippen LogP contribution in [-0.4, -0.2) is 32.9 Å². The maximum Gasteiger partial charge on any atom is 0.316 e. The second kappa shape index (κ2) is 8.30. The van der Waals surface area contributed by atoms with Gasteiger partial charge in [-0.1, -0.05) is 17.7 Å². The minimum Gasteiger partial charge on any atom is -0.460 e. The summed E-state index contributed by atoms with van der Waals surface area (Å²) in [5.74, 6) is -0.302. The standard InChI is InChI=1S/C18H19ClN4O4/c1-11-2-3-12(8-16(11)23(25)26)17(24)22-14-4-6-15(7-5-14)27-18-20-9-13(19)10-21-18/h2-3,8-10,14-15H,4-7H2,1H3,(H,22,24). The largest absolute Gasteiger partial charge is 0.460 e. The van der Waals surface area contributed by atoms with Crippen LogP contribution in [0.1, 0.15) is 41.6 Å². The summed E-state index contributed by atoms with van der Waals surface area (Å²) >= 11 is 5.75. The van der Waals surface area contributed by atoms with Gasteiger partial charge in [0.25, 0.3) is 11.6 Å². The number of halogens is 1. The molecule has 1 aliphatic rings. The van der Waals surface area contributed by atoms with Gasteiger partial charge in [0.2, 0.25) is 0 Å². The third-order valence-electron chi connectivity index (χ3n) is 4.55. The first-order valence-corrected chi connectivity index (χ1v) is 9.00. The Balaban J connectivity index is 1.53. The number of nitro benzene ring substituents is 1. The molecule has 142 valence electrons. The molecule has 0 bridgehead atoms. The van der Waals surface area contributed by atoms with Crippen LogP contribution in [0.2, 0.25) is 5.02 Å². The normalized spacial score (nSPS) is 19.3. The zero-order chi connectivity index (χ0) is 19.4. The highest BCUT2D eigenvalue weighted by Crippen LogP contribution is 2.24. The van der Waals surface area contributed by atoms with Crippen molar-refractivity contribution in [1.29, 1.82) is 0 Å². The first kappa shape index (κ1) is 19.0. The molecule has 1 fully saturated rings. The number of ether oxygens (including phenoxy) is 1. The molecule has 0 radical (unpaired) electrons. The van der Waals surface area contributed by atoms with Crippen molar-refractivity contribution >= 4 is 23.2 Å². The minimum atomic E-state index is -0.479. The van der Waals surface area contributed by atoms with Crippen LogP contribution in [0, 0.1) is 17.0 Å². The van der Waals surface area contributed by atoms with E-state index in [0.717, 1.165) is 25.7 Å². The Labute approximate surface area is 161 Å². The Bertz CT molecular complexity index is 836. The number of aryl methyl sites for hydroxylation is 1. The minimum absolute atomic E-state index is 0.00356. The van der Waals surface area contributed by atoms with E-state index in [0.29, 0.717) is 22.2 Å². The van der Waals surface area contributed by atoms with Gasteiger partial charge in [0.15, 0.2) is 0 Å². The van der Waals surface area contributed by atoms with Crippen LogP contribution in [0.25, 0.3) is 0 Å². The molecule has 2 aromatic rings. The summed E-state index contributed by atoms with van der Waals surface area (Å²) in [7, 11) is 0. The second-order valence-electron chi connectivity index (χ2n) is 6.51. The van der Waals surface area contributed by atoms with Gasteiger partial charge in [-0.05, 0) is 38.7 Å². The van der Waals surface area contributed by atoms with Gasteiger partial charge in [-0.25, -0.2) is 9.97 Å². The fraction of sp³-hybridized carbons (Fsp3) is 0.389. The highest BCUT2D eigenvalue weighted by molar-refractivity contribution is 6.30. The lowest BCUT2D eigenvalue weighted by Crippen LogP contribution is -2.39. The van der Waals surface area contributed by atoms with Crippen LogP contribution in [0.4, 0.5) is 5.69 Å². The smallest absolute Gasteiger partial charge is 0.316 e. The van der Waals surface area contributed by atoms with Gasteiger partial charge in [0.05, 0.1) is 22.3 Å². The lowest BCUT2D eigenvalue weighted by Gasteiger charge is -2.28. The Morgan fingerprint density at radius 1 is 1.26 bits per heavy atom. The monoisotopic (exact) mass is 390 g/mol. The molecule has 1 amide bonds. The molecule has 0 spiro atoms. The number of rotatable bonds is 5. The lowest BCUT2D eigenvalue weighted by molar-refractivity contribution is -0.385. The number of carbonyl (C=O) groups excluding carboxylic acids is 1. The zero-order valence-corrected chi connectivity index (χ0v) is 15.5. The van der Waals surface area contributed by atoms with E-state index < -0.39 is 4.92 Å². The summed E-state index contributed by atoms with van der Waals surface area (Å²) in [6, 6.07) is 4.80. The summed E-state index contributed by atoms with van der Waals surface area (Å²) in [5, 5.41) is 14.4. The molecule has 1 N–H and O–H groups in total. The van der Waals surface area contributed by atoms with E-state index >= 15 is 0 Å². The predicted octanol–water partition coefficient (Wildman–Crippen LogP) is 3.47. The van der Waals surface area contributed by atoms with E-state index in [9.17, 15) is 14.9 Å². The van der Waals surface area contributed by atoms with E-state index in [1.165, 1.54) is 18.5 Å². The number of aromatic nitrogens is 2. The van der Waals surface area contributed by atoms with Crippen LogP contribution in [0.3, 0.4) is 0 Å². The maximum atomic E-state index is 12.4. The fourth-order valence-electron chi connectivity index (χ4n) is 3.05. The van der Waals surface area contributed by atoms with Crippen LogP contribution < -0.4 is 10.1 Å². The molecule has 8 nitrogen and oxygen atoms in total. The molecule has 3 rings (SSSR count). The first-order valence-electron chi connectivity index (χ1n) is 8.62. The molecule has 0 aliphatic heterocycles. The number of carbonyl (C=O) groups is 1. The summed E-state index contributed by atoms with van der Waals surface area (Å²) < 4.78 is 5.73. The number of nitrogens with zero attached hydrogens (tertiary/aromatic N) is 3. The van der Waals surface area contributed by atoms with Crippen molar-refractivity contribution in [2.45, 2.75) is 44.8 Å². The highest BCUT2D eigenvalue weighted by atomic mass is 35.5. The lowest BCUT2D eigenvalue weighted by atomic mass is 9.92.